The maximum Gasteiger partial charge on any atom is 0.408 e. The number of amides is 3. The molecule has 0 heterocycles. The van der Waals surface area contributed by atoms with Crippen molar-refractivity contribution in [2.45, 2.75) is 58.2 Å². The highest BCUT2D eigenvalue weighted by Gasteiger charge is 2.25. The van der Waals surface area contributed by atoms with Crippen LogP contribution in [-0.2, 0) is 23.9 Å². The van der Waals surface area contributed by atoms with E-state index in [-0.39, 0.29) is 0 Å². The van der Waals surface area contributed by atoms with Crippen molar-refractivity contribution in [3.8, 4) is 0 Å². The largest absolute Gasteiger partial charge is 0.468 e. The molecule has 0 aliphatic heterocycles. The molecule has 0 fully saturated rings. The summed E-state index contributed by atoms with van der Waals surface area (Å²) in [5.41, 5.74) is -0.697. The van der Waals surface area contributed by atoms with Crippen molar-refractivity contribution in [1.29, 1.82) is 0 Å². The Morgan fingerprint density at radius 3 is 1.83 bits per heavy atom. The molecule has 9 nitrogen and oxygen atoms in total. The number of rotatable bonds is 6. The van der Waals surface area contributed by atoms with E-state index in [1.807, 2.05) is 0 Å². The van der Waals surface area contributed by atoms with Crippen LogP contribution in [0.2, 0.25) is 0 Å². The van der Waals surface area contributed by atoms with Crippen LogP contribution in [0.15, 0.2) is 0 Å². The normalized spacial score (nSPS) is 14.6. The second-order valence-corrected chi connectivity index (χ2v) is 6.11. The Balaban J connectivity index is 4.45. The molecular weight excluding hydrogens is 317 g/mol. The van der Waals surface area contributed by atoms with Crippen molar-refractivity contribution < 1.29 is 28.7 Å². The van der Waals surface area contributed by atoms with E-state index < -0.39 is 47.5 Å². The number of hydrogen-bond acceptors (Lipinski definition) is 6. The molecule has 0 rings (SSSR count). The minimum Gasteiger partial charge on any atom is -0.468 e. The zero-order chi connectivity index (χ0) is 19.1. The molecule has 3 amide bonds. The first-order valence-corrected chi connectivity index (χ1v) is 7.31. The molecule has 24 heavy (non-hydrogen) atoms. The monoisotopic (exact) mass is 341 g/mol. The van der Waals surface area contributed by atoms with E-state index in [0.29, 0.717) is 0 Å². The van der Waals surface area contributed by atoms with Crippen molar-refractivity contribution in [2.24, 2.45) is 0 Å². The highest BCUT2D eigenvalue weighted by Crippen LogP contribution is 2.06. The lowest BCUT2D eigenvalue weighted by atomic mass is 9.96. The molecule has 0 aliphatic rings. The van der Waals surface area contributed by atoms with Crippen LogP contribution < -0.4 is 16.0 Å². The van der Waals surface area contributed by atoms with Crippen LogP contribution in [0.3, 0.4) is 0 Å². The lowest BCUT2D eigenvalue weighted by Gasteiger charge is -2.23. The Bertz CT molecular complexity index is 491. The zero-order valence-corrected chi connectivity index (χ0v) is 14.8. The Labute approximate surface area is 142 Å². The summed E-state index contributed by atoms with van der Waals surface area (Å²) in [7, 11) is 6.52. The Morgan fingerprint density at radius 1 is 0.917 bits per heavy atom. The van der Waals surface area contributed by atoms with E-state index in [1.165, 1.54) is 13.8 Å². The van der Waals surface area contributed by atoms with Gasteiger partial charge in [-0.2, -0.15) is 0 Å². The van der Waals surface area contributed by atoms with Crippen LogP contribution in [0.25, 0.3) is 0 Å². The second kappa shape index (κ2) is 9.14. The summed E-state index contributed by atoms with van der Waals surface area (Å²) in [6.45, 7) is 7.90. The number of methoxy groups -OCH3 is 1. The fraction of sp³-hybridized carbons (Fsp3) is 0.714. The lowest BCUT2D eigenvalue weighted by Crippen LogP contribution is -2.54. The molecule has 3 atom stereocenters. The van der Waals surface area contributed by atoms with E-state index in [2.05, 4.69) is 20.7 Å². The molecule has 134 valence electrons. The highest BCUT2D eigenvalue weighted by atomic mass is 16.6. The molecule has 3 N–H and O–H groups in total. The predicted octanol–water partition coefficient (Wildman–Crippen LogP) is -0.812. The molecular formula is C14H24BN3O6. The molecule has 0 aliphatic carbocycles. The van der Waals surface area contributed by atoms with Gasteiger partial charge in [0.2, 0.25) is 11.8 Å². The van der Waals surface area contributed by atoms with E-state index in [9.17, 15) is 19.2 Å². The molecule has 0 aromatic carbocycles. The van der Waals surface area contributed by atoms with E-state index in [0.717, 1.165) is 7.11 Å². The van der Waals surface area contributed by atoms with Gasteiger partial charge in [0.15, 0.2) is 0 Å². The number of esters is 1. The molecule has 1 unspecified atom stereocenters. The molecule has 2 radical (unpaired) electrons. The maximum absolute atomic E-state index is 12.0. The van der Waals surface area contributed by atoms with Gasteiger partial charge in [0, 0.05) is 0 Å². The summed E-state index contributed by atoms with van der Waals surface area (Å²) in [5, 5.41) is 6.91. The van der Waals surface area contributed by atoms with Gasteiger partial charge in [-0.1, -0.05) is 0 Å². The van der Waals surface area contributed by atoms with E-state index in [1.54, 1.807) is 20.8 Å². The molecule has 0 saturated carbocycles. The first-order valence-electron chi connectivity index (χ1n) is 7.31. The van der Waals surface area contributed by atoms with Gasteiger partial charge in [0.1, 0.15) is 25.5 Å². The smallest absolute Gasteiger partial charge is 0.408 e. The Kier molecular flexibility index (Phi) is 8.28. The minimum atomic E-state index is -1.33. The van der Waals surface area contributed by atoms with Crippen molar-refractivity contribution in [1.82, 2.24) is 16.0 Å². The second-order valence-electron chi connectivity index (χ2n) is 6.11. The van der Waals surface area contributed by atoms with Crippen LogP contribution in [0, 0.1) is 0 Å². The maximum atomic E-state index is 12.0. The van der Waals surface area contributed by atoms with Gasteiger partial charge in [-0.15, -0.1) is 0 Å². The average molecular weight is 341 g/mol. The number of carbonyl (C=O) groups excluding carboxylic acids is 4. The van der Waals surface area contributed by atoms with Gasteiger partial charge in [0.05, 0.1) is 13.1 Å². The number of ether oxygens (including phenoxy) is 2. The number of alkyl carbamates (subject to hydrolysis) is 1. The first-order chi connectivity index (χ1) is 10.9. The van der Waals surface area contributed by atoms with Crippen molar-refractivity contribution >= 4 is 31.7 Å². The first kappa shape index (κ1) is 21.7. The fourth-order valence-corrected chi connectivity index (χ4v) is 1.42. The van der Waals surface area contributed by atoms with Gasteiger partial charge in [-0.05, 0) is 34.6 Å². The molecule has 0 spiro atoms. The van der Waals surface area contributed by atoms with Crippen molar-refractivity contribution in [2.75, 3.05) is 7.11 Å². The average Bonchev–Trinajstić information content (AvgIpc) is 2.43. The summed E-state index contributed by atoms with van der Waals surface area (Å²) in [6, 6.07) is -1.90. The van der Waals surface area contributed by atoms with Crippen LogP contribution in [0.5, 0.6) is 0 Å². The summed E-state index contributed by atoms with van der Waals surface area (Å²) in [4.78, 5) is 46.5. The van der Waals surface area contributed by atoms with Crippen LogP contribution in [0.1, 0.15) is 34.6 Å². The van der Waals surface area contributed by atoms with Gasteiger partial charge < -0.3 is 25.4 Å². The van der Waals surface area contributed by atoms with E-state index in [4.69, 9.17) is 12.6 Å². The third kappa shape index (κ3) is 8.40. The third-order valence-electron chi connectivity index (χ3n) is 2.63. The summed E-state index contributed by atoms with van der Waals surface area (Å²) < 4.78 is 9.39. The van der Waals surface area contributed by atoms with Gasteiger partial charge in [0.25, 0.3) is 0 Å². The topological polar surface area (TPSA) is 123 Å². The number of nitrogens with one attached hydrogen (secondary N) is 3. The molecule has 0 saturated heterocycles. The highest BCUT2D eigenvalue weighted by molar-refractivity contribution is 6.24. The molecule has 10 heteroatoms. The SMILES string of the molecule is [B][C@H](NC(=O)C(C)NC(=O)[C@H](C)NC(=O)OC(C)(C)C)C(=O)OC. The third-order valence-corrected chi connectivity index (χ3v) is 2.63. The fourth-order valence-electron chi connectivity index (χ4n) is 1.42. The van der Waals surface area contributed by atoms with Crippen molar-refractivity contribution in [3.05, 3.63) is 0 Å². The Hall–Kier alpha value is -2.26. The molecule has 0 bridgehead atoms. The van der Waals surface area contributed by atoms with Crippen LogP contribution in [-0.4, -0.2) is 62.5 Å². The zero-order valence-electron chi connectivity index (χ0n) is 14.8. The lowest BCUT2D eigenvalue weighted by molar-refractivity contribution is -0.142. The summed E-state index contributed by atoms with van der Waals surface area (Å²) in [5.74, 6) is -3.43. The number of hydrogen-bond donors (Lipinski definition) is 3. The minimum absolute atomic E-state index is 0.602. The standard InChI is InChI=1S/C14H24BN3O6/c1-7(11(20)18-9(15)12(21)23-6)16-10(19)8(2)17-13(22)24-14(3,4)5/h7-9H,1-6H3,(H,16,19)(H,17,22)(H,18,20)/t7?,8-,9+/m0/s1. The summed E-state index contributed by atoms with van der Waals surface area (Å²) in [6.07, 6.45) is -0.755. The Morgan fingerprint density at radius 2 is 1.38 bits per heavy atom. The van der Waals surface area contributed by atoms with Crippen molar-refractivity contribution in [3.63, 3.8) is 0 Å². The number of carbonyl (C=O) groups is 4. The van der Waals surface area contributed by atoms with Gasteiger partial charge >= 0.3 is 12.1 Å². The van der Waals surface area contributed by atoms with E-state index >= 15 is 0 Å². The van der Waals surface area contributed by atoms with Crippen LogP contribution in [0.4, 0.5) is 4.79 Å². The predicted molar refractivity (Wildman–Crippen MR) is 86.1 cm³/mol. The quantitative estimate of drug-likeness (QED) is 0.429. The van der Waals surface area contributed by atoms with Gasteiger partial charge in [-0.3, -0.25) is 14.4 Å². The molecule has 0 aromatic rings. The summed E-state index contributed by atoms with van der Waals surface area (Å²) >= 11 is 0. The van der Waals surface area contributed by atoms with Gasteiger partial charge in [-0.25, -0.2) is 4.79 Å². The molecule has 0 aromatic heterocycles. The van der Waals surface area contributed by atoms with Crippen LogP contribution >= 0.6 is 0 Å².